The van der Waals surface area contributed by atoms with Gasteiger partial charge in [-0.2, -0.15) is 0 Å². The molecule has 1 atom stereocenters. The van der Waals surface area contributed by atoms with E-state index in [4.69, 9.17) is 0 Å². The minimum atomic E-state index is 0.727. The summed E-state index contributed by atoms with van der Waals surface area (Å²) in [6, 6.07) is 0. The van der Waals surface area contributed by atoms with Gasteiger partial charge in [-0.25, -0.2) is 0 Å². The van der Waals surface area contributed by atoms with Gasteiger partial charge in [-0.05, 0) is 29.6 Å². The monoisotopic (exact) mass is 198 g/mol. The van der Waals surface area contributed by atoms with E-state index < -0.39 is 0 Å². The number of hydrogen-bond donors (Lipinski definition) is 0. The van der Waals surface area contributed by atoms with Crippen molar-refractivity contribution in [2.45, 2.75) is 52.7 Å². The third-order valence-electron chi connectivity index (χ3n) is 2.69. The minimum Gasteiger partial charge on any atom is -0.127 e. The zero-order valence-electron chi connectivity index (χ0n) is 9.55. The maximum absolute atomic E-state index is 2.35. The van der Waals surface area contributed by atoms with Crippen molar-refractivity contribution in [2.24, 2.45) is 11.8 Å². The van der Waals surface area contributed by atoms with Crippen molar-refractivity contribution < 1.29 is 0 Å². The highest BCUT2D eigenvalue weighted by molar-refractivity contribution is 8.03. The topological polar surface area (TPSA) is 0 Å². The molecule has 0 nitrogen and oxygen atoms in total. The van der Waals surface area contributed by atoms with E-state index in [1.165, 1.54) is 12.8 Å². The van der Waals surface area contributed by atoms with E-state index in [1.807, 2.05) is 0 Å². The summed E-state index contributed by atoms with van der Waals surface area (Å²) >= 11 is 2.11. The Morgan fingerprint density at radius 3 is 2.23 bits per heavy atom. The average molecular weight is 198 g/mol. The quantitative estimate of drug-likeness (QED) is 0.631. The van der Waals surface area contributed by atoms with Crippen molar-refractivity contribution in [1.29, 1.82) is 0 Å². The molecule has 0 spiro atoms. The lowest BCUT2D eigenvalue weighted by Gasteiger charge is -2.28. The van der Waals surface area contributed by atoms with E-state index in [0.29, 0.717) is 0 Å². The van der Waals surface area contributed by atoms with Gasteiger partial charge in [0.15, 0.2) is 0 Å². The molecule has 0 bridgehead atoms. The van der Waals surface area contributed by atoms with Crippen LogP contribution in [0.2, 0.25) is 0 Å². The molecule has 0 N–H and O–H groups in total. The summed E-state index contributed by atoms with van der Waals surface area (Å²) in [5, 5.41) is 0.833. The first-order chi connectivity index (χ1) is 6.02. The molecule has 0 aromatic heterocycles. The average Bonchev–Trinajstić information content (AvgIpc) is 2.03. The third kappa shape index (κ3) is 2.77. The summed E-state index contributed by atoms with van der Waals surface area (Å²) in [6.07, 6.45) is 2.70. The second-order valence-electron chi connectivity index (χ2n) is 4.67. The van der Waals surface area contributed by atoms with Crippen LogP contribution in [-0.2, 0) is 0 Å². The number of thioether (sulfide) groups is 1. The number of allylic oxidation sites excluding steroid dienone is 2. The molecule has 0 saturated carbocycles. The molecule has 0 saturated heterocycles. The maximum Gasteiger partial charge on any atom is 0.00660 e. The first-order valence-corrected chi connectivity index (χ1v) is 6.30. The first-order valence-electron chi connectivity index (χ1n) is 5.42. The highest BCUT2D eigenvalue weighted by Gasteiger charge is 2.21. The van der Waals surface area contributed by atoms with E-state index in [1.54, 1.807) is 10.5 Å². The van der Waals surface area contributed by atoms with Crippen LogP contribution in [0, 0.1) is 11.8 Å². The van der Waals surface area contributed by atoms with Gasteiger partial charge in [0, 0.05) is 5.25 Å². The fourth-order valence-corrected chi connectivity index (χ4v) is 3.34. The van der Waals surface area contributed by atoms with Crippen LogP contribution in [0.3, 0.4) is 0 Å². The van der Waals surface area contributed by atoms with Crippen LogP contribution >= 0.6 is 11.8 Å². The van der Waals surface area contributed by atoms with Gasteiger partial charge < -0.3 is 0 Å². The molecule has 0 amide bonds. The van der Waals surface area contributed by atoms with E-state index in [0.717, 1.165) is 17.1 Å². The largest absolute Gasteiger partial charge is 0.127 e. The normalized spacial score (nSPS) is 24.7. The Labute approximate surface area is 87.2 Å². The van der Waals surface area contributed by atoms with Gasteiger partial charge in [0.1, 0.15) is 0 Å². The van der Waals surface area contributed by atoms with Crippen LogP contribution in [-0.4, -0.2) is 5.25 Å². The summed E-state index contributed by atoms with van der Waals surface area (Å²) in [5.41, 5.74) is 1.72. The minimum absolute atomic E-state index is 0.727. The Morgan fingerprint density at radius 2 is 1.77 bits per heavy atom. The molecule has 1 heterocycles. The molecule has 0 aliphatic carbocycles. The van der Waals surface area contributed by atoms with Gasteiger partial charge >= 0.3 is 0 Å². The summed E-state index contributed by atoms with van der Waals surface area (Å²) in [4.78, 5) is 1.67. The molecule has 0 aromatic carbocycles. The lowest BCUT2D eigenvalue weighted by Crippen LogP contribution is -2.12. The van der Waals surface area contributed by atoms with E-state index in [9.17, 15) is 0 Å². The van der Waals surface area contributed by atoms with Gasteiger partial charge in [-0.1, -0.05) is 40.2 Å². The Morgan fingerprint density at radius 1 is 1.15 bits per heavy atom. The molecule has 76 valence electrons. The molecular formula is C12H22S. The SMILES string of the molecule is CC(C)C1=C(C(C)C)S[C@@H](C)CC1. The summed E-state index contributed by atoms with van der Waals surface area (Å²) in [6.45, 7) is 11.7. The van der Waals surface area contributed by atoms with Crippen molar-refractivity contribution in [3.05, 3.63) is 10.5 Å². The zero-order valence-corrected chi connectivity index (χ0v) is 10.4. The van der Waals surface area contributed by atoms with Gasteiger partial charge in [-0.3, -0.25) is 0 Å². The van der Waals surface area contributed by atoms with Crippen molar-refractivity contribution in [1.82, 2.24) is 0 Å². The molecule has 1 rings (SSSR count). The lowest BCUT2D eigenvalue weighted by molar-refractivity contribution is 0.641. The molecule has 1 aliphatic rings. The van der Waals surface area contributed by atoms with Crippen LogP contribution in [0.4, 0.5) is 0 Å². The van der Waals surface area contributed by atoms with Gasteiger partial charge in [0.05, 0.1) is 0 Å². The van der Waals surface area contributed by atoms with Crippen molar-refractivity contribution >= 4 is 11.8 Å². The maximum atomic E-state index is 2.35. The van der Waals surface area contributed by atoms with Crippen molar-refractivity contribution in [3.8, 4) is 0 Å². The van der Waals surface area contributed by atoms with Crippen LogP contribution in [0.25, 0.3) is 0 Å². The molecule has 0 fully saturated rings. The van der Waals surface area contributed by atoms with Crippen LogP contribution in [0.5, 0.6) is 0 Å². The summed E-state index contributed by atoms with van der Waals surface area (Å²) < 4.78 is 0. The van der Waals surface area contributed by atoms with Crippen molar-refractivity contribution in [3.63, 3.8) is 0 Å². The van der Waals surface area contributed by atoms with E-state index in [-0.39, 0.29) is 0 Å². The van der Waals surface area contributed by atoms with Gasteiger partial charge in [0.25, 0.3) is 0 Å². The smallest absolute Gasteiger partial charge is 0.00660 e. The second-order valence-corrected chi connectivity index (χ2v) is 6.15. The number of rotatable bonds is 2. The molecule has 13 heavy (non-hydrogen) atoms. The van der Waals surface area contributed by atoms with E-state index in [2.05, 4.69) is 46.4 Å². The second kappa shape index (κ2) is 4.54. The Balaban J connectivity index is 2.87. The standard InChI is InChI=1S/C12H22S/c1-8(2)11-7-6-10(5)13-12(11)9(3)4/h8-10H,6-7H2,1-5H3/t10-/m0/s1. The molecule has 0 aromatic rings. The highest BCUT2D eigenvalue weighted by Crippen LogP contribution is 2.41. The highest BCUT2D eigenvalue weighted by atomic mass is 32.2. The van der Waals surface area contributed by atoms with Crippen LogP contribution in [0.1, 0.15) is 47.5 Å². The predicted molar refractivity (Wildman–Crippen MR) is 63.0 cm³/mol. The van der Waals surface area contributed by atoms with Crippen LogP contribution < -0.4 is 0 Å². The fraction of sp³-hybridized carbons (Fsp3) is 0.833. The van der Waals surface area contributed by atoms with Crippen molar-refractivity contribution in [2.75, 3.05) is 0 Å². The summed E-state index contributed by atoms with van der Waals surface area (Å²) in [5.74, 6) is 1.47. The van der Waals surface area contributed by atoms with Gasteiger partial charge in [-0.15, -0.1) is 11.8 Å². The molecule has 1 heteroatoms. The predicted octanol–water partition coefficient (Wildman–Crippen LogP) is 4.47. The fourth-order valence-electron chi connectivity index (χ4n) is 1.91. The first kappa shape index (κ1) is 11.2. The van der Waals surface area contributed by atoms with E-state index >= 15 is 0 Å². The Kier molecular flexibility index (Phi) is 3.90. The lowest BCUT2D eigenvalue weighted by atomic mass is 9.93. The molecule has 0 unspecified atom stereocenters. The Bertz CT molecular complexity index is 201. The zero-order chi connectivity index (χ0) is 10.0. The molecular weight excluding hydrogens is 176 g/mol. The summed E-state index contributed by atoms with van der Waals surface area (Å²) in [7, 11) is 0. The van der Waals surface area contributed by atoms with Crippen LogP contribution in [0.15, 0.2) is 10.5 Å². The third-order valence-corrected chi connectivity index (χ3v) is 4.31. The molecule has 0 radical (unpaired) electrons. The molecule has 1 aliphatic heterocycles. The Hall–Kier alpha value is 0.0900. The van der Waals surface area contributed by atoms with Gasteiger partial charge in [0.2, 0.25) is 0 Å². The number of hydrogen-bond acceptors (Lipinski definition) is 1.